The van der Waals surface area contributed by atoms with Gasteiger partial charge in [-0.1, -0.05) is 152 Å². The lowest BCUT2D eigenvalue weighted by molar-refractivity contribution is 0.673. The number of aromatic nitrogens is 5. The van der Waals surface area contributed by atoms with Crippen LogP contribution in [0.15, 0.2) is 192 Å². The average molecular weight is 730 g/mol. The van der Waals surface area contributed by atoms with Crippen molar-refractivity contribution in [3.63, 3.8) is 0 Å². The molecule has 4 heterocycles. The Morgan fingerprint density at radius 2 is 0.737 bits per heavy atom. The molecular weight excluding hydrogens is 699 g/mol. The second kappa shape index (κ2) is 12.3. The Hall–Kier alpha value is -7.83. The highest BCUT2D eigenvalue weighted by atomic mass is 16.3. The minimum absolute atomic E-state index is 0.527. The molecule has 0 amide bonds. The smallest absolute Gasteiger partial charge is 0.238 e. The molecule has 0 N–H and O–H groups in total. The Balaban J connectivity index is 1.17. The molecular formula is C51H31N5O. The second-order valence-corrected chi connectivity index (χ2v) is 14.4. The van der Waals surface area contributed by atoms with Gasteiger partial charge in [-0.2, -0.15) is 9.97 Å². The molecule has 0 radical (unpaired) electrons. The van der Waals surface area contributed by atoms with Gasteiger partial charge < -0.3 is 8.98 Å². The number of rotatable bonds is 5. The quantitative estimate of drug-likeness (QED) is 0.177. The Morgan fingerprint density at radius 3 is 1.28 bits per heavy atom. The topological polar surface area (TPSA) is 61.7 Å². The van der Waals surface area contributed by atoms with E-state index in [4.69, 9.17) is 19.4 Å². The molecule has 0 fully saturated rings. The first-order valence-corrected chi connectivity index (χ1v) is 19.1. The van der Waals surface area contributed by atoms with Crippen LogP contribution in [-0.2, 0) is 0 Å². The summed E-state index contributed by atoms with van der Waals surface area (Å²) in [4.78, 5) is 15.4. The predicted molar refractivity (Wildman–Crippen MR) is 232 cm³/mol. The molecule has 0 spiro atoms. The first kappa shape index (κ1) is 31.5. The summed E-state index contributed by atoms with van der Waals surface area (Å²) in [6, 6.07) is 65.5. The maximum atomic E-state index is 7.27. The number of para-hydroxylation sites is 2. The Labute approximate surface area is 326 Å². The van der Waals surface area contributed by atoms with Gasteiger partial charge in [-0.25, -0.2) is 4.98 Å². The molecule has 4 aromatic heterocycles. The van der Waals surface area contributed by atoms with Crippen LogP contribution in [-0.4, -0.2) is 24.1 Å². The van der Waals surface area contributed by atoms with Crippen molar-refractivity contribution < 1.29 is 4.42 Å². The zero-order valence-corrected chi connectivity index (χ0v) is 30.5. The van der Waals surface area contributed by atoms with E-state index >= 15 is 0 Å². The van der Waals surface area contributed by atoms with Crippen LogP contribution in [0.1, 0.15) is 0 Å². The van der Waals surface area contributed by atoms with Crippen molar-refractivity contribution in [2.75, 3.05) is 0 Å². The molecule has 12 aromatic rings. The normalized spacial score (nSPS) is 11.9. The number of hydrogen-bond acceptors (Lipinski definition) is 4. The highest BCUT2D eigenvalue weighted by Crippen LogP contribution is 2.44. The van der Waals surface area contributed by atoms with E-state index in [1.807, 2.05) is 60.7 Å². The van der Waals surface area contributed by atoms with Crippen molar-refractivity contribution in [2.45, 2.75) is 0 Å². The maximum Gasteiger partial charge on any atom is 0.238 e. The highest BCUT2D eigenvalue weighted by molar-refractivity contribution is 6.26. The van der Waals surface area contributed by atoms with Gasteiger partial charge in [0.05, 0.1) is 16.6 Å². The zero-order chi connectivity index (χ0) is 37.5. The molecule has 266 valence electrons. The monoisotopic (exact) mass is 729 g/mol. The summed E-state index contributed by atoms with van der Waals surface area (Å²) in [5, 5.41) is 6.54. The molecule has 0 atom stereocenters. The molecule has 0 bridgehead atoms. The Kier molecular flexibility index (Phi) is 6.83. The average Bonchev–Trinajstić information content (AvgIpc) is 3.95. The highest BCUT2D eigenvalue weighted by Gasteiger charge is 2.24. The molecule has 0 saturated heterocycles. The molecule has 0 aliphatic heterocycles. The summed E-state index contributed by atoms with van der Waals surface area (Å²) in [6.07, 6.45) is 0. The van der Waals surface area contributed by atoms with Crippen molar-refractivity contribution in [3.05, 3.63) is 188 Å². The van der Waals surface area contributed by atoms with Gasteiger partial charge in [0.25, 0.3) is 0 Å². The lowest BCUT2D eigenvalue weighted by atomic mass is 10.1. The van der Waals surface area contributed by atoms with Crippen LogP contribution in [0, 0.1) is 0 Å². The number of benzene rings is 8. The number of hydrogen-bond donors (Lipinski definition) is 0. The summed E-state index contributed by atoms with van der Waals surface area (Å²) in [5.41, 5.74) is 10.9. The number of furan rings is 1. The van der Waals surface area contributed by atoms with Crippen LogP contribution in [0.4, 0.5) is 0 Å². The maximum absolute atomic E-state index is 7.27. The molecule has 57 heavy (non-hydrogen) atoms. The predicted octanol–water partition coefficient (Wildman–Crippen LogP) is 13.0. The molecule has 12 rings (SSSR count). The van der Waals surface area contributed by atoms with Crippen molar-refractivity contribution in [2.24, 2.45) is 0 Å². The summed E-state index contributed by atoms with van der Waals surface area (Å²) < 4.78 is 11.8. The van der Waals surface area contributed by atoms with Crippen LogP contribution in [0.5, 0.6) is 0 Å². The zero-order valence-electron chi connectivity index (χ0n) is 30.5. The first-order valence-electron chi connectivity index (χ1n) is 19.1. The SMILES string of the molecule is c1ccc(-c2ccc(-n3c4ccccc4c4ccc5c6ccc7c8ccccc8n(-c8nc(-c9ccccc9)nc(-c9ccccc9)n8)c7c6oc5c43)cc2)cc1. The third kappa shape index (κ3) is 4.81. The van der Waals surface area contributed by atoms with Crippen molar-refractivity contribution in [3.8, 4) is 45.5 Å². The van der Waals surface area contributed by atoms with Gasteiger partial charge in [-0.05, 0) is 47.5 Å². The third-order valence-corrected chi connectivity index (χ3v) is 11.2. The van der Waals surface area contributed by atoms with E-state index in [0.29, 0.717) is 17.6 Å². The van der Waals surface area contributed by atoms with Crippen molar-refractivity contribution >= 4 is 65.6 Å². The Bertz CT molecular complexity index is 3430. The lowest BCUT2D eigenvalue weighted by Gasteiger charge is -2.11. The van der Waals surface area contributed by atoms with E-state index in [9.17, 15) is 0 Å². The minimum Gasteiger partial charge on any atom is -0.452 e. The van der Waals surface area contributed by atoms with Crippen molar-refractivity contribution in [1.82, 2.24) is 24.1 Å². The van der Waals surface area contributed by atoms with E-state index in [1.54, 1.807) is 0 Å². The van der Waals surface area contributed by atoms with E-state index < -0.39 is 0 Å². The summed E-state index contributed by atoms with van der Waals surface area (Å²) in [6.45, 7) is 0. The molecule has 0 saturated carbocycles. The van der Waals surface area contributed by atoms with Gasteiger partial charge in [0, 0.05) is 49.1 Å². The van der Waals surface area contributed by atoms with E-state index in [2.05, 4.69) is 137 Å². The fourth-order valence-electron chi connectivity index (χ4n) is 8.59. The van der Waals surface area contributed by atoms with Crippen molar-refractivity contribution in [1.29, 1.82) is 0 Å². The minimum atomic E-state index is 0.527. The van der Waals surface area contributed by atoms with Gasteiger partial charge in [0.2, 0.25) is 5.95 Å². The molecule has 0 aliphatic rings. The van der Waals surface area contributed by atoms with Gasteiger partial charge >= 0.3 is 0 Å². The van der Waals surface area contributed by atoms with Gasteiger partial charge in [-0.3, -0.25) is 4.57 Å². The largest absolute Gasteiger partial charge is 0.452 e. The van der Waals surface area contributed by atoms with Gasteiger partial charge in [0.15, 0.2) is 22.8 Å². The van der Waals surface area contributed by atoms with Gasteiger partial charge in [0.1, 0.15) is 5.52 Å². The molecule has 0 aliphatic carbocycles. The molecule has 8 aromatic carbocycles. The van der Waals surface area contributed by atoms with Crippen LogP contribution >= 0.6 is 0 Å². The molecule has 6 heteroatoms. The summed E-state index contributed by atoms with van der Waals surface area (Å²) in [5.74, 6) is 1.73. The first-order chi connectivity index (χ1) is 28.3. The fourth-order valence-corrected chi connectivity index (χ4v) is 8.59. The number of fused-ring (bicyclic) bond motifs is 11. The Morgan fingerprint density at radius 1 is 0.316 bits per heavy atom. The van der Waals surface area contributed by atoms with Crippen LogP contribution in [0.2, 0.25) is 0 Å². The lowest BCUT2D eigenvalue weighted by Crippen LogP contribution is -2.06. The van der Waals surface area contributed by atoms with Crippen LogP contribution in [0.3, 0.4) is 0 Å². The molecule has 6 nitrogen and oxygen atoms in total. The third-order valence-electron chi connectivity index (χ3n) is 11.2. The molecule has 0 unspecified atom stereocenters. The van der Waals surface area contributed by atoms with Crippen LogP contribution < -0.4 is 0 Å². The van der Waals surface area contributed by atoms with Crippen LogP contribution in [0.25, 0.3) is 111 Å². The standard InChI is InChI=1S/C51H31N5O/c1-4-14-32(15-5-1)33-24-26-36(27-25-33)55-43-22-12-10-20-37(43)39-28-30-41-42-31-29-40-38-21-11-13-23-44(38)56(46(40)48(42)57-47(41)45(39)55)51-53-49(34-16-6-2-7-17-34)52-50(54-51)35-18-8-3-9-19-35/h1-31H. The van der Waals surface area contributed by atoms with E-state index in [0.717, 1.165) is 77.0 Å². The van der Waals surface area contributed by atoms with E-state index in [1.165, 1.54) is 16.5 Å². The van der Waals surface area contributed by atoms with Gasteiger partial charge in [-0.15, -0.1) is 0 Å². The second-order valence-electron chi connectivity index (χ2n) is 14.4. The van der Waals surface area contributed by atoms with E-state index in [-0.39, 0.29) is 0 Å². The fraction of sp³-hybridized carbons (Fsp3) is 0. The summed E-state index contributed by atoms with van der Waals surface area (Å²) >= 11 is 0. The number of nitrogens with zero attached hydrogens (tertiary/aromatic N) is 5. The summed E-state index contributed by atoms with van der Waals surface area (Å²) in [7, 11) is 0.